The number of rotatable bonds is 2. The van der Waals surface area contributed by atoms with E-state index in [1.54, 1.807) is 0 Å². The Morgan fingerprint density at radius 2 is 1.56 bits per heavy atom. The number of aliphatic hydroxyl groups excluding tert-OH is 1. The molecule has 32 heavy (non-hydrogen) atoms. The van der Waals surface area contributed by atoms with E-state index in [4.69, 9.17) is 5.73 Å². The Labute approximate surface area is 198 Å². The molecular formula is C30H51NO. The van der Waals surface area contributed by atoms with Crippen LogP contribution in [0.1, 0.15) is 106 Å². The molecule has 5 rings (SSSR count). The smallest absolute Gasteiger partial charge is 0.0594 e. The van der Waals surface area contributed by atoms with Crippen LogP contribution in [0.3, 0.4) is 0 Å². The Kier molecular flexibility index (Phi) is 5.19. The van der Waals surface area contributed by atoms with Crippen molar-refractivity contribution in [3.63, 3.8) is 0 Å². The first kappa shape index (κ1) is 23.4. The molecule has 5 aliphatic rings. The average molecular weight is 442 g/mol. The summed E-state index contributed by atoms with van der Waals surface area (Å²) in [6.45, 7) is 20.4. The Bertz CT molecular complexity index is 788. The fourth-order valence-corrected chi connectivity index (χ4v) is 11.6. The van der Waals surface area contributed by atoms with Crippen molar-refractivity contribution in [3.8, 4) is 0 Å². The molecule has 0 aromatic rings. The van der Waals surface area contributed by atoms with Gasteiger partial charge in [-0.2, -0.15) is 0 Å². The lowest BCUT2D eigenvalue weighted by Crippen LogP contribution is -2.67. The van der Waals surface area contributed by atoms with Crippen LogP contribution in [0.15, 0.2) is 12.2 Å². The van der Waals surface area contributed by atoms with E-state index in [0.717, 1.165) is 30.7 Å². The molecule has 3 N–H and O–H groups in total. The van der Waals surface area contributed by atoms with Crippen LogP contribution in [0.5, 0.6) is 0 Å². The summed E-state index contributed by atoms with van der Waals surface area (Å²) in [5, 5.41) is 10.9. The van der Waals surface area contributed by atoms with Crippen LogP contribution in [0.2, 0.25) is 0 Å². The Morgan fingerprint density at radius 1 is 0.844 bits per heavy atom. The SMILES string of the molecule is C=C(C)[C@@H]1CCC2(CN)CC[C@]3(C)C(CCC4C5(C)CCC(O)C(C)(C)C5CCC43C)C12. The first-order valence-electron chi connectivity index (χ1n) is 13.9. The molecule has 5 saturated carbocycles. The van der Waals surface area contributed by atoms with Gasteiger partial charge in [-0.15, -0.1) is 0 Å². The zero-order chi connectivity index (χ0) is 23.3. The van der Waals surface area contributed by atoms with Crippen LogP contribution in [-0.4, -0.2) is 17.8 Å². The molecule has 5 aliphatic carbocycles. The van der Waals surface area contributed by atoms with E-state index in [0.29, 0.717) is 33.5 Å². The van der Waals surface area contributed by atoms with Gasteiger partial charge in [0.1, 0.15) is 0 Å². The molecular weight excluding hydrogens is 390 g/mol. The monoisotopic (exact) mass is 441 g/mol. The van der Waals surface area contributed by atoms with Gasteiger partial charge in [0.15, 0.2) is 0 Å². The van der Waals surface area contributed by atoms with E-state index < -0.39 is 0 Å². The Morgan fingerprint density at radius 3 is 2.22 bits per heavy atom. The van der Waals surface area contributed by atoms with Gasteiger partial charge in [0.05, 0.1) is 6.10 Å². The average Bonchev–Trinajstić information content (AvgIpc) is 3.12. The van der Waals surface area contributed by atoms with Crippen LogP contribution in [0.25, 0.3) is 0 Å². The molecule has 0 radical (unpaired) electrons. The summed E-state index contributed by atoms with van der Waals surface area (Å²) in [6.07, 6.45) is 12.8. The fourth-order valence-electron chi connectivity index (χ4n) is 11.6. The molecule has 0 aliphatic heterocycles. The quantitative estimate of drug-likeness (QED) is 0.455. The highest BCUT2D eigenvalue weighted by Crippen LogP contribution is 2.77. The van der Waals surface area contributed by atoms with E-state index in [1.165, 1.54) is 63.4 Å². The third kappa shape index (κ3) is 2.66. The van der Waals surface area contributed by atoms with Gasteiger partial charge in [0, 0.05) is 0 Å². The van der Waals surface area contributed by atoms with Crippen LogP contribution >= 0.6 is 0 Å². The molecule has 2 heteroatoms. The van der Waals surface area contributed by atoms with Crippen molar-refractivity contribution in [3.05, 3.63) is 12.2 Å². The summed E-state index contributed by atoms with van der Waals surface area (Å²) in [7, 11) is 0. The molecule has 0 heterocycles. The lowest BCUT2D eigenvalue weighted by molar-refractivity contribution is -0.247. The minimum Gasteiger partial charge on any atom is -0.393 e. The minimum atomic E-state index is -0.133. The number of nitrogens with two attached hydrogens (primary N) is 1. The largest absolute Gasteiger partial charge is 0.393 e. The van der Waals surface area contributed by atoms with E-state index in [2.05, 4.69) is 48.1 Å². The third-order valence-electron chi connectivity index (χ3n) is 13.6. The van der Waals surface area contributed by atoms with Gasteiger partial charge in [0.25, 0.3) is 0 Å². The molecule has 0 saturated heterocycles. The lowest BCUT2D eigenvalue weighted by atomic mass is 9.32. The maximum Gasteiger partial charge on any atom is 0.0594 e. The summed E-state index contributed by atoms with van der Waals surface area (Å²) >= 11 is 0. The van der Waals surface area contributed by atoms with Gasteiger partial charge in [-0.25, -0.2) is 0 Å². The Balaban J connectivity index is 1.55. The van der Waals surface area contributed by atoms with Gasteiger partial charge >= 0.3 is 0 Å². The van der Waals surface area contributed by atoms with Crippen molar-refractivity contribution in [1.29, 1.82) is 0 Å². The molecule has 0 aromatic heterocycles. The normalized spacial score (nSPS) is 56.5. The van der Waals surface area contributed by atoms with Crippen molar-refractivity contribution in [2.75, 3.05) is 6.54 Å². The minimum absolute atomic E-state index is 0.0455. The predicted octanol–water partition coefficient (Wildman–Crippen LogP) is 6.96. The summed E-state index contributed by atoms with van der Waals surface area (Å²) in [6, 6.07) is 0. The number of fused-ring (bicyclic) bond motifs is 7. The van der Waals surface area contributed by atoms with Crippen molar-refractivity contribution >= 4 is 0 Å². The predicted molar refractivity (Wildman–Crippen MR) is 134 cm³/mol. The van der Waals surface area contributed by atoms with E-state index >= 15 is 0 Å². The third-order valence-corrected chi connectivity index (χ3v) is 13.6. The molecule has 10 atom stereocenters. The van der Waals surface area contributed by atoms with E-state index in [1.807, 2.05) is 0 Å². The molecule has 0 amide bonds. The highest BCUT2D eigenvalue weighted by molar-refractivity contribution is 5.21. The van der Waals surface area contributed by atoms with E-state index in [9.17, 15) is 5.11 Å². The zero-order valence-corrected chi connectivity index (χ0v) is 22.0. The number of hydrogen-bond donors (Lipinski definition) is 2. The lowest BCUT2D eigenvalue weighted by Gasteiger charge is -2.73. The summed E-state index contributed by atoms with van der Waals surface area (Å²) in [5.41, 5.74) is 9.59. The Hall–Kier alpha value is -0.340. The number of aliphatic hydroxyl groups is 1. The van der Waals surface area contributed by atoms with Gasteiger partial charge in [-0.05, 0) is 134 Å². The second kappa shape index (κ2) is 7.09. The second-order valence-corrected chi connectivity index (χ2v) is 14.6. The van der Waals surface area contributed by atoms with Crippen molar-refractivity contribution in [2.45, 2.75) is 112 Å². The number of hydrogen-bond acceptors (Lipinski definition) is 2. The van der Waals surface area contributed by atoms with Gasteiger partial charge in [-0.1, -0.05) is 46.8 Å². The fraction of sp³-hybridized carbons (Fsp3) is 0.933. The summed E-state index contributed by atoms with van der Waals surface area (Å²) < 4.78 is 0. The molecule has 0 bridgehead atoms. The topological polar surface area (TPSA) is 46.2 Å². The molecule has 8 unspecified atom stereocenters. The first-order chi connectivity index (χ1) is 14.9. The van der Waals surface area contributed by atoms with Crippen molar-refractivity contribution < 1.29 is 5.11 Å². The van der Waals surface area contributed by atoms with Crippen LogP contribution < -0.4 is 5.73 Å². The van der Waals surface area contributed by atoms with Crippen molar-refractivity contribution in [2.24, 2.45) is 62.4 Å². The van der Waals surface area contributed by atoms with Gasteiger partial charge in [-0.3, -0.25) is 0 Å². The van der Waals surface area contributed by atoms with Crippen molar-refractivity contribution in [1.82, 2.24) is 0 Å². The highest BCUT2D eigenvalue weighted by atomic mass is 16.3. The molecule has 2 nitrogen and oxygen atoms in total. The standard InChI is InChI=1S/C30H51NO/c1-19(2)20-10-15-30(18-31)17-16-28(6)21(25(20)30)8-9-23-27(5)13-12-24(32)26(3,4)22(27)11-14-29(23,28)7/h20-25,32H,1,8-18,31H2,2-7H3/t20-,21?,22?,23?,24?,25?,27?,28+,29?,30?/m0/s1. The highest BCUT2D eigenvalue weighted by Gasteiger charge is 2.70. The van der Waals surface area contributed by atoms with Crippen LogP contribution in [-0.2, 0) is 0 Å². The van der Waals surface area contributed by atoms with Crippen LogP contribution in [0.4, 0.5) is 0 Å². The molecule has 182 valence electrons. The maximum absolute atomic E-state index is 10.9. The van der Waals surface area contributed by atoms with E-state index in [-0.39, 0.29) is 11.5 Å². The number of allylic oxidation sites excluding steroid dienone is 1. The second-order valence-electron chi connectivity index (χ2n) is 14.6. The van der Waals surface area contributed by atoms with Gasteiger partial charge in [0.2, 0.25) is 0 Å². The van der Waals surface area contributed by atoms with Crippen LogP contribution in [0, 0.1) is 56.7 Å². The zero-order valence-electron chi connectivity index (χ0n) is 22.0. The molecule has 0 spiro atoms. The molecule has 0 aromatic carbocycles. The summed E-state index contributed by atoms with van der Waals surface area (Å²) in [5.74, 6) is 3.67. The molecule has 5 fully saturated rings. The maximum atomic E-state index is 10.9. The summed E-state index contributed by atoms with van der Waals surface area (Å²) in [4.78, 5) is 0. The van der Waals surface area contributed by atoms with Gasteiger partial charge < -0.3 is 10.8 Å². The first-order valence-corrected chi connectivity index (χ1v) is 13.9.